The molecule has 5 heteroatoms. The third-order valence-electron chi connectivity index (χ3n) is 2.34. The van der Waals surface area contributed by atoms with Crippen molar-refractivity contribution in [2.75, 3.05) is 26.2 Å². The summed E-state index contributed by atoms with van der Waals surface area (Å²) in [6, 6.07) is 1.84. The topological polar surface area (TPSA) is 47.3 Å². The van der Waals surface area contributed by atoms with Crippen LogP contribution in [-0.4, -0.2) is 42.2 Å². The number of halogens is 2. The van der Waals surface area contributed by atoms with Crippen molar-refractivity contribution in [2.24, 2.45) is 5.92 Å². The molecule has 74 valence electrons. The van der Waals surface area contributed by atoms with Crippen LogP contribution in [-0.2, 0) is 0 Å². The van der Waals surface area contributed by atoms with Gasteiger partial charge in [0.15, 0.2) is 0 Å². The van der Waals surface area contributed by atoms with Gasteiger partial charge in [-0.3, -0.25) is 4.90 Å². The molecule has 1 unspecified atom stereocenters. The van der Waals surface area contributed by atoms with Crippen molar-refractivity contribution in [2.45, 2.75) is 12.3 Å². The Balaban J connectivity index is 2.54. The third-order valence-corrected chi connectivity index (χ3v) is 2.34. The second kappa shape index (κ2) is 3.99. The highest BCUT2D eigenvalue weighted by atomic mass is 19.3. The summed E-state index contributed by atoms with van der Waals surface area (Å²) in [5, 5.41) is 17.0. The van der Waals surface area contributed by atoms with Crippen LogP contribution in [0.2, 0.25) is 0 Å². The molecular weight excluding hydrogens is 178 g/mol. The minimum atomic E-state index is -2.86. The van der Waals surface area contributed by atoms with Gasteiger partial charge in [0, 0.05) is 5.92 Å². The van der Waals surface area contributed by atoms with E-state index < -0.39 is 25.0 Å². The molecule has 0 saturated carbocycles. The lowest BCUT2D eigenvalue weighted by molar-refractivity contribution is -0.121. The minimum absolute atomic E-state index is 0.0355. The molecule has 0 radical (unpaired) electrons. The fourth-order valence-electron chi connectivity index (χ4n) is 1.52. The van der Waals surface area contributed by atoms with Crippen molar-refractivity contribution in [3.63, 3.8) is 0 Å². The van der Waals surface area contributed by atoms with Crippen LogP contribution in [0.15, 0.2) is 0 Å². The number of nitriles is 1. The number of rotatable bonds is 2. The molecule has 1 atom stereocenters. The van der Waals surface area contributed by atoms with Crippen LogP contribution in [0.5, 0.6) is 0 Å². The van der Waals surface area contributed by atoms with Crippen molar-refractivity contribution in [3.8, 4) is 6.07 Å². The van der Waals surface area contributed by atoms with Gasteiger partial charge in [0.1, 0.15) is 0 Å². The predicted octanol–water partition coefficient (Wildman–Crippen LogP) is 0.459. The van der Waals surface area contributed by atoms with Crippen molar-refractivity contribution >= 4 is 0 Å². The van der Waals surface area contributed by atoms with E-state index in [1.165, 1.54) is 4.90 Å². The van der Waals surface area contributed by atoms with E-state index in [1.54, 1.807) is 0 Å². The molecule has 1 heterocycles. The molecular formula is C8H12F2N2O. The largest absolute Gasteiger partial charge is 0.396 e. The summed E-state index contributed by atoms with van der Waals surface area (Å²) < 4.78 is 26.3. The van der Waals surface area contributed by atoms with Crippen molar-refractivity contribution in [3.05, 3.63) is 0 Å². The summed E-state index contributed by atoms with van der Waals surface area (Å²) in [5.74, 6) is -3.80. The van der Waals surface area contributed by atoms with Gasteiger partial charge < -0.3 is 5.11 Å². The lowest BCUT2D eigenvalue weighted by Gasteiger charge is -2.36. The molecule has 0 bridgehead atoms. The molecule has 1 fully saturated rings. The van der Waals surface area contributed by atoms with Gasteiger partial charge in [-0.05, 0) is 13.0 Å². The summed E-state index contributed by atoms with van der Waals surface area (Å²) in [4.78, 5) is 1.41. The quantitative estimate of drug-likeness (QED) is 0.643. The SMILES string of the molecule is N#CCN1CCC(CO)C(F)(F)C1. The minimum Gasteiger partial charge on any atom is -0.396 e. The maximum absolute atomic E-state index is 13.1. The highest BCUT2D eigenvalue weighted by molar-refractivity contribution is 4.89. The second-order valence-corrected chi connectivity index (χ2v) is 3.30. The van der Waals surface area contributed by atoms with Gasteiger partial charge in [0.25, 0.3) is 5.92 Å². The van der Waals surface area contributed by atoms with Crippen molar-refractivity contribution in [1.29, 1.82) is 5.26 Å². The Morgan fingerprint density at radius 2 is 2.31 bits per heavy atom. The number of hydrogen-bond acceptors (Lipinski definition) is 3. The molecule has 3 nitrogen and oxygen atoms in total. The van der Waals surface area contributed by atoms with Crippen LogP contribution in [0, 0.1) is 17.2 Å². The highest BCUT2D eigenvalue weighted by Crippen LogP contribution is 2.32. The Kier molecular flexibility index (Phi) is 3.17. The third kappa shape index (κ3) is 2.36. The molecule has 1 rings (SSSR count). The van der Waals surface area contributed by atoms with E-state index in [0.29, 0.717) is 6.54 Å². The first-order valence-corrected chi connectivity index (χ1v) is 4.18. The standard InChI is InChI=1S/C8H12F2N2O/c9-8(10)6-12(4-2-11)3-1-7(8)5-13/h7,13H,1,3-6H2. The number of likely N-dealkylation sites (tertiary alicyclic amines) is 1. The zero-order valence-electron chi connectivity index (χ0n) is 7.21. The number of nitrogens with zero attached hydrogens (tertiary/aromatic N) is 2. The molecule has 1 N–H and O–H groups in total. The van der Waals surface area contributed by atoms with Crippen LogP contribution in [0.3, 0.4) is 0 Å². The summed E-state index contributed by atoms with van der Waals surface area (Å²) in [5.41, 5.74) is 0. The van der Waals surface area contributed by atoms with Crippen LogP contribution < -0.4 is 0 Å². The van der Waals surface area contributed by atoms with Gasteiger partial charge in [-0.15, -0.1) is 0 Å². The lowest BCUT2D eigenvalue weighted by atomic mass is 9.94. The van der Waals surface area contributed by atoms with E-state index >= 15 is 0 Å². The molecule has 0 aromatic heterocycles. The fourth-order valence-corrected chi connectivity index (χ4v) is 1.52. The van der Waals surface area contributed by atoms with E-state index in [0.717, 1.165) is 0 Å². The molecule has 0 aromatic carbocycles. The van der Waals surface area contributed by atoms with Crippen LogP contribution in [0.1, 0.15) is 6.42 Å². The zero-order chi connectivity index (χ0) is 9.90. The second-order valence-electron chi connectivity index (χ2n) is 3.30. The zero-order valence-corrected chi connectivity index (χ0v) is 7.21. The van der Waals surface area contributed by atoms with E-state index in [2.05, 4.69) is 0 Å². The summed E-state index contributed by atoms with van der Waals surface area (Å²) >= 11 is 0. The first-order chi connectivity index (χ1) is 6.10. The summed E-state index contributed by atoms with van der Waals surface area (Å²) in [6.45, 7) is -0.388. The molecule has 1 aliphatic rings. The molecule has 0 aromatic rings. The average molecular weight is 190 g/mol. The first-order valence-electron chi connectivity index (χ1n) is 4.18. The van der Waals surface area contributed by atoms with Crippen molar-refractivity contribution < 1.29 is 13.9 Å². The van der Waals surface area contributed by atoms with Gasteiger partial charge >= 0.3 is 0 Å². The van der Waals surface area contributed by atoms with Gasteiger partial charge in [-0.25, -0.2) is 8.78 Å². The number of aliphatic hydroxyl groups excluding tert-OH is 1. The Labute approximate surface area is 75.6 Å². The number of hydrogen-bond donors (Lipinski definition) is 1. The van der Waals surface area contributed by atoms with E-state index in [-0.39, 0.29) is 13.0 Å². The predicted molar refractivity (Wildman–Crippen MR) is 42.2 cm³/mol. The molecule has 0 aliphatic carbocycles. The van der Waals surface area contributed by atoms with Gasteiger partial charge in [-0.1, -0.05) is 0 Å². The normalized spacial score (nSPS) is 28.3. The van der Waals surface area contributed by atoms with Gasteiger partial charge in [0.2, 0.25) is 0 Å². The van der Waals surface area contributed by atoms with Crippen LogP contribution >= 0.6 is 0 Å². The molecule has 1 aliphatic heterocycles. The molecule has 0 spiro atoms. The Morgan fingerprint density at radius 1 is 1.62 bits per heavy atom. The molecule has 0 amide bonds. The highest BCUT2D eigenvalue weighted by Gasteiger charge is 2.43. The smallest absolute Gasteiger partial charge is 0.265 e. The number of piperidine rings is 1. The molecule has 13 heavy (non-hydrogen) atoms. The summed E-state index contributed by atoms with van der Waals surface area (Å²) in [7, 11) is 0. The van der Waals surface area contributed by atoms with Crippen LogP contribution in [0.25, 0.3) is 0 Å². The molecule has 1 saturated heterocycles. The maximum Gasteiger partial charge on any atom is 0.265 e. The van der Waals surface area contributed by atoms with Gasteiger partial charge in [0.05, 0.1) is 25.8 Å². The number of aliphatic hydroxyl groups is 1. The van der Waals surface area contributed by atoms with Crippen LogP contribution in [0.4, 0.5) is 8.78 Å². The Hall–Kier alpha value is -0.730. The first kappa shape index (κ1) is 10.4. The van der Waals surface area contributed by atoms with E-state index in [9.17, 15) is 8.78 Å². The maximum atomic E-state index is 13.1. The average Bonchev–Trinajstić information content (AvgIpc) is 2.03. The van der Waals surface area contributed by atoms with E-state index in [4.69, 9.17) is 10.4 Å². The Morgan fingerprint density at radius 3 is 2.77 bits per heavy atom. The van der Waals surface area contributed by atoms with E-state index in [1.807, 2.05) is 6.07 Å². The van der Waals surface area contributed by atoms with Gasteiger partial charge in [-0.2, -0.15) is 5.26 Å². The number of alkyl halides is 2. The Bertz CT molecular complexity index is 215. The fraction of sp³-hybridized carbons (Fsp3) is 0.875. The lowest BCUT2D eigenvalue weighted by Crippen LogP contribution is -2.49. The monoisotopic (exact) mass is 190 g/mol. The van der Waals surface area contributed by atoms with Crippen molar-refractivity contribution in [1.82, 2.24) is 4.90 Å². The summed E-state index contributed by atoms with van der Waals surface area (Å²) in [6.07, 6.45) is 0.255.